The van der Waals surface area contributed by atoms with Crippen LogP contribution in [0.1, 0.15) is 29.6 Å². The summed E-state index contributed by atoms with van der Waals surface area (Å²) >= 11 is 0. The van der Waals surface area contributed by atoms with E-state index in [1.54, 1.807) is 18.2 Å². The van der Waals surface area contributed by atoms with Crippen molar-refractivity contribution in [2.24, 2.45) is 0 Å². The van der Waals surface area contributed by atoms with E-state index in [-0.39, 0.29) is 12.7 Å². The summed E-state index contributed by atoms with van der Waals surface area (Å²) in [5.74, 6) is 1.58. The van der Waals surface area contributed by atoms with Crippen LogP contribution in [0.5, 0.6) is 11.5 Å². The molecule has 4 rings (SSSR count). The van der Waals surface area contributed by atoms with Gasteiger partial charge in [-0.05, 0) is 49.6 Å². The number of pyridine rings is 1. The standard InChI is InChI=1S/C18H19N3O3/c22-18(13-4-6-15-16(10-13)24-12-23-15)20-17-7-5-14(11-19-17)21-8-2-1-3-9-21/h4-7,10-11H,1-3,8-9,12H2,(H,19,20,22). The van der Waals surface area contributed by atoms with Gasteiger partial charge >= 0.3 is 0 Å². The Bertz CT molecular complexity index is 740. The van der Waals surface area contributed by atoms with Gasteiger partial charge in [-0.1, -0.05) is 0 Å². The van der Waals surface area contributed by atoms with E-state index in [2.05, 4.69) is 15.2 Å². The molecule has 3 heterocycles. The van der Waals surface area contributed by atoms with Crippen molar-refractivity contribution in [3.8, 4) is 11.5 Å². The fourth-order valence-electron chi connectivity index (χ4n) is 3.03. The molecule has 2 aromatic rings. The molecule has 24 heavy (non-hydrogen) atoms. The van der Waals surface area contributed by atoms with E-state index in [1.807, 2.05) is 18.3 Å². The number of carbonyl (C=O) groups is 1. The van der Waals surface area contributed by atoms with Gasteiger partial charge in [-0.15, -0.1) is 0 Å². The summed E-state index contributed by atoms with van der Waals surface area (Å²) in [5.41, 5.74) is 1.62. The van der Waals surface area contributed by atoms with Crippen LogP contribution < -0.4 is 19.7 Å². The fourth-order valence-corrected chi connectivity index (χ4v) is 3.03. The van der Waals surface area contributed by atoms with Gasteiger partial charge < -0.3 is 19.7 Å². The van der Waals surface area contributed by atoms with Gasteiger partial charge in [-0.2, -0.15) is 0 Å². The molecule has 1 fully saturated rings. The number of hydrogen-bond donors (Lipinski definition) is 1. The van der Waals surface area contributed by atoms with Crippen LogP contribution in [-0.2, 0) is 0 Å². The Morgan fingerprint density at radius 1 is 1.04 bits per heavy atom. The topological polar surface area (TPSA) is 63.7 Å². The number of ether oxygens (including phenoxy) is 2. The largest absolute Gasteiger partial charge is 0.454 e. The third-order valence-electron chi connectivity index (χ3n) is 4.35. The van der Waals surface area contributed by atoms with Crippen molar-refractivity contribution in [2.75, 3.05) is 30.1 Å². The lowest BCUT2D eigenvalue weighted by atomic mass is 10.1. The van der Waals surface area contributed by atoms with E-state index in [9.17, 15) is 4.79 Å². The maximum absolute atomic E-state index is 12.3. The molecule has 0 saturated carbocycles. The highest BCUT2D eigenvalue weighted by Crippen LogP contribution is 2.32. The average molecular weight is 325 g/mol. The maximum Gasteiger partial charge on any atom is 0.256 e. The van der Waals surface area contributed by atoms with Gasteiger partial charge in [0.05, 0.1) is 11.9 Å². The van der Waals surface area contributed by atoms with Crippen molar-refractivity contribution in [1.82, 2.24) is 4.98 Å². The van der Waals surface area contributed by atoms with Crippen LogP contribution in [0.25, 0.3) is 0 Å². The number of hydrogen-bond acceptors (Lipinski definition) is 5. The molecule has 0 aliphatic carbocycles. The minimum atomic E-state index is -0.216. The third kappa shape index (κ3) is 2.99. The highest BCUT2D eigenvalue weighted by molar-refractivity contribution is 6.04. The van der Waals surface area contributed by atoms with E-state index >= 15 is 0 Å². The lowest BCUT2D eigenvalue weighted by Gasteiger charge is -2.28. The third-order valence-corrected chi connectivity index (χ3v) is 4.35. The fraction of sp³-hybridized carbons (Fsp3) is 0.333. The zero-order chi connectivity index (χ0) is 16.4. The van der Waals surface area contributed by atoms with E-state index < -0.39 is 0 Å². The number of carbonyl (C=O) groups excluding carboxylic acids is 1. The Balaban J connectivity index is 1.44. The van der Waals surface area contributed by atoms with Crippen LogP contribution in [0.15, 0.2) is 36.5 Å². The summed E-state index contributed by atoms with van der Waals surface area (Å²) in [6.45, 7) is 2.34. The number of rotatable bonds is 3. The summed E-state index contributed by atoms with van der Waals surface area (Å²) in [4.78, 5) is 19.0. The van der Waals surface area contributed by atoms with Gasteiger partial charge in [0, 0.05) is 18.7 Å². The van der Waals surface area contributed by atoms with Gasteiger partial charge in [0.2, 0.25) is 6.79 Å². The van der Waals surface area contributed by atoms with Gasteiger partial charge in [-0.25, -0.2) is 4.98 Å². The van der Waals surface area contributed by atoms with Crippen LogP contribution >= 0.6 is 0 Å². The first-order valence-corrected chi connectivity index (χ1v) is 8.21. The van der Waals surface area contributed by atoms with E-state index in [4.69, 9.17) is 9.47 Å². The van der Waals surface area contributed by atoms with Crippen LogP contribution in [0.3, 0.4) is 0 Å². The van der Waals surface area contributed by atoms with Crippen molar-refractivity contribution in [3.05, 3.63) is 42.1 Å². The van der Waals surface area contributed by atoms with Crippen molar-refractivity contribution >= 4 is 17.4 Å². The summed E-state index contributed by atoms with van der Waals surface area (Å²) in [5, 5.41) is 2.81. The van der Waals surface area contributed by atoms with Crippen LogP contribution in [-0.4, -0.2) is 30.8 Å². The monoisotopic (exact) mass is 325 g/mol. The second-order valence-electron chi connectivity index (χ2n) is 5.97. The lowest BCUT2D eigenvalue weighted by Crippen LogP contribution is -2.29. The summed E-state index contributed by atoms with van der Waals surface area (Å²) < 4.78 is 10.6. The SMILES string of the molecule is O=C(Nc1ccc(N2CCCCC2)cn1)c1ccc2c(c1)OCO2. The molecule has 1 saturated heterocycles. The molecule has 0 bridgehead atoms. The lowest BCUT2D eigenvalue weighted by molar-refractivity contribution is 0.102. The zero-order valence-electron chi connectivity index (χ0n) is 13.3. The van der Waals surface area contributed by atoms with E-state index in [0.717, 1.165) is 18.8 Å². The molecule has 2 aliphatic rings. The number of amides is 1. The molecule has 0 radical (unpaired) electrons. The van der Waals surface area contributed by atoms with Gasteiger partial charge in [0.15, 0.2) is 11.5 Å². The average Bonchev–Trinajstić information content (AvgIpc) is 3.11. The Kier molecular flexibility index (Phi) is 3.94. The molecule has 0 unspecified atom stereocenters. The molecule has 2 aliphatic heterocycles. The first-order valence-electron chi connectivity index (χ1n) is 8.21. The number of aromatic nitrogens is 1. The molecule has 0 atom stereocenters. The van der Waals surface area contributed by atoms with E-state index in [0.29, 0.717) is 22.9 Å². The van der Waals surface area contributed by atoms with Crippen LogP contribution in [0.4, 0.5) is 11.5 Å². The number of nitrogens with zero attached hydrogens (tertiary/aromatic N) is 2. The first-order chi connectivity index (χ1) is 11.8. The molecule has 6 nitrogen and oxygen atoms in total. The highest BCUT2D eigenvalue weighted by Gasteiger charge is 2.17. The molecule has 6 heteroatoms. The summed E-state index contributed by atoms with van der Waals surface area (Å²) in [7, 11) is 0. The molecule has 1 aromatic carbocycles. The second kappa shape index (κ2) is 6.39. The maximum atomic E-state index is 12.3. The molecule has 1 aromatic heterocycles. The Morgan fingerprint density at radius 3 is 2.67 bits per heavy atom. The molecular weight excluding hydrogens is 306 g/mol. The second-order valence-corrected chi connectivity index (χ2v) is 5.97. The molecule has 0 spiro atoms. The van der Waals surface area contributed by atoms with Crippen molar-refractivity contribution < 1.29 is 14.3 Å². The number of nitrogens with one attached hydrogen (secondary N) is 1. The minimum Gasteiger partial charge on any atom is -0.454 e. The first kappa shape index (κ1) is 14.8. The normalized spacial score (nSPS) is 16.1. The number of fused-ring (bicyclic) bond motifs is 1. The summed E-state index contributed by atoms with van der Waals surface area (Å²) in [6, 6.07) is 8.98. The molecular formula is C18H19N3O3. The van der Waals surface area contributed by atoms with Crippen LogP contribution in [0.2, 0.25) is 0 Å². The van der Waals surface area contributed by atoms with Crippen LogP contribution in [0, 0.1) is 0 Å². The summed E-state index contributed by atoms with van der Waals surface area (Å²) in [6.07, 6.45) is 5.57. The molecule has 1 N–H and O–H groups in total. The Labute approximate surface area is 140 Å². The van der Waals surface area contributed by atoms with E-state index in [1.165, 1.54) is 19.3 Å². The molecule has 124 valence electrons. The van der Waals surface area contributed by atoms with Crippen molar-refractivity contribution in [1.29, 1.82) is 0 Å². The minimum absolute atomic E-state index is 0.194. The van der Waals surface area contributed by atoms with Crippen molar-refractivity contribution in [2.45, 2.75) is 19.3 Å². The Morgan fingerprint density at radius 2 is 1.88 bits per heavy atom. The van der Waals surface area contributed by atoms with Gasteiger partial charge in [0.25, 0.3) is 5.91 Å². The predicted octanol–water partition coefficient (Wildman–Crippen LogP) is 3.05. The quantitative estimate of drug-likeness (QED) is 0.939. The number of anilines is 2. The number of piperidine rings is 1. The van der Waals surface area contributed by atoms with Gasteiger partial charge in [-0.3, -0.25) is 4.79 Å². The zero-order valence-corrected chi connectivity index (χ0v) is 13.3. The molecule has 1 amide bonds. The predicted molar refractivity (Wildman–Crippen MR) is 90.8 cm³/mol. The van der Waals surface area contributed by atoms with Gasteiger partial charge in [0.1, 0.15) is 5.82 Å². The van der Waals surface area contributed by atoms with Crippen molar-refractivity contribution in [3.63, 3.8) is 0 Å². The highest BCUT2D eigenvalue weighted by atomic mass is 16.7. The smallest absolute Gasteiger partial charge is 0.256 e. The number of benzene rings is 1. The Hall–Kier alpha value is -2.76.